The lowest BCUT2D eigenvalue weighted by Crippen LogP contribution is -2.57. The van der Waals surface area contributed by atoms with Crippen LogP contribution in [0.2, 0.25) is 0 Å². The summed E-state index contributed by atoms with van der Waals surface area (Å²) in [6.45, 7) is 3.20. The van der Waals surface area contributed by atoms with Crippen molar-refractivity contribution in [1.82, 2.24) is 30.2 Å². The van der Waals surface area contributed by atoms with Crippen molar-refractivity contribution in [2.45, 2.75) is 37.3 Å². The summed E-state index contributed by atoms with van der Waals surface area (Å²) in [5.41, 5.74) is -0.542. The largest absolute Gasteiger partial charge is 0.366 e. The first kappa shape index (κ1) is 17.0. The lowest BCUT2D eigenvalue weighted by molar-refractivity contribution is -0.144. The minimum absolute atomic E-state index is 0.209. The van der Waals surface area contributed by atoms with Gasteiger partial charge in [-0.2, -0.15) is 10.2 Å². The summed E-state index contributed by atoms with van der Waals surface area (Å²) in [6.07, 6.45) is 8.74. The summed E-state index contributed by atoms with van der Waals surface area (Å²) in [7, 11) is 0. The average Bonchev–Trinajstić information content (AvgIpc) is 3.25. The van der Waals surface area contributed by atoms with Crippen molar-refractivity contribution in [3.05, 3.63) is 36.8 Å². The molecule has 0 radical (unpaired) electrons. The predicted molar refractivity (Wildman–Crippen MR) is 97.6 cm³/mol. The number of piperidine rings is 2. The number of nitrogens with zero attached hydrogens (tertiary/aromatic N) is 5. The van der Waals surface area contributed by atoms with E-state index in [2.05, 4.69) is 25.9 Å². The van der Waals surface area contributed by atoms with Crippen LogP contribution < -0.4 is 10.6 Å². The van der Waals surface area contributed by atoms with Gasteiger partial charge >= 0.3 is 0 Å². The third-order valence-electron chi connectivity index (χ3n) is 5.48. The second-order valence-electron chi connectivity index (χ2n) is 7.05. The van der Waals surface area contributed by atoms with E-state index < -0.39 is 5.54 Å². The van der Waals surface area contributed by atoms with Crippen molar-refractivity contribution in [3.8, 4) is 0 Å². The molecule has 2 aromatic heterocycles. The standard InChI is InChI=1S/C18H25N7O/c26-17(18(6-10-19-11-7-18)25-12-2-9-21-25)24-13-4-15(5-14-24)22-16-3-1-8-20-23-16/h1-3,8-9,12,15,19H,4-7,10-11,13-14H2,(H,22,23). The van der Waals surface area contributed by atoms with Gasteiger partial charge < -0.3 is 15.5 Å². The molecule has 0 aromatic carbocycles. The van der Waals surface area contributed by atoms with Gasteiger partial charge in [-0.05, 0) is 57.0 Å². The first-order valence-electron chi connectivity index (χ1n) is 9.32. The Balaban J connectivity index is 1.42. The Morgan fingerprint density at radius 1 is 1.19 bits per heavy atom. The van der Waals surface area contributed by atoms with E-state index in [-0.39, 0.29) is 5.91 Å². The van der Waals surface area contributed by atoms with Crippen molar-refractivity contribution < 1.29 is 4.79 Å². The number of hydrogen-bond donors (Lipinski definition) is 2. The lowest BCUT2D eigenvalue weighted by Gasteiger charge is -2.42. The number of nitrogens with one attached hydrogen (secondary N) is 2. The molecule has 4 heterocycles. The van der Waals surface area contributed by atoms with E-state index in [1.807, 2.05) is 34.0 Å². The molecule has 2 aliphatic heterocycles. The zero-order valence-electron chi connectivity index (χ0n) is 14.8. The van der Waals surface area contributed by atoms with Gasteiger partial charge in [-0.1, -0.05) is 0 Å². The number of anilines is 1. The van der Waals surface area contributed by atoms with Gasteiger partial charge in [-0.3, -0.25) is 9.48 Å². The molecule has 2 aromatic rings. The van der Waals surface area contributed by atoms with E-state index >= 15 is 0 Å². The lowest BCUT2D eigenvalue weighted by atomic mass is 9.86. The van der Waals surface area contributed by atoms with Crippen LogP contribution >= 0.6 is 0 Å². The molecular weight excluding hydrogens is 330 g/mol. The van der Waals surface area contributed by atoms with Crippen LogP contribution in [0.4, 0.5) is 5.82 Å². The molecule has 138 valence electrons. The van der Waals surface area contributed by atoms with Crippen LogP contribution in [0.25, 0.3) is 0 Å². The van der Waals surface area contributed by atoms with Crippen molar-refractivity contribution in [2.24, 2.45) is 0 Å². The Kier molecular flexibility index (Phi) is 4.83. The van der Waals surface area contributed by atoms with Gasteiger partial charge in [0.15, 0.2) is 0 Å². The first-order valence-corrected chi connectivity index (χ1v) is 9.32. The van der Waals surface area contributed by atoms with Gasteiger partial charge in [0, 0.05) is 37.7 Å². The minimum Gasteiger partial charge on any atom is -0.366 e. The van der Waals surface area contributed by atoms with Crippen LogP contribution in [0.3, 0.4) is 0 Å². The van der Waals surface area contributed by atoms with E-state index in [4.69, 9.17) is 0 Å². The fourth-order valence-electron chi connectivity index (χ4n) is 4.01. The van der Waals surface area contributed by atoms with Crippen LogP contribution in [0, 0.1) is 0 Å². The summed E-state index contributed by atoms with van der Waals surface area (Å²) in [6, 6.07) is 6.02. The molecule has 2 saturated heterocycles. The van der Waals surface area contributed by atoms with Gasteiger partial charge in [0.2, 0.25) is 0 Å². The summed E-state index contributed by atoms with van der Waals surface area (Å²) in [5.74, 6) is 1.00. The molecule has 2 N–H and O–H groups in total. The van der Waals surface area contributed by atoms with Gasteiger partial charge in [0.05, 0.1) is 0 Å². The number of hydrogen-bond acceptors (Lipinski definition) is 6. The van der Waals surface area contributed by atoms with Gasteiger partial charge in [-0.25, -0.2) is 0 Å². The highest BCUT2D eigenvalue weighted by Crippen LogP contribution is 2.30. The van der Waals surface area contributed by atoms with E-state index in [9.17, 15) is 4.79 Å². The van der Waals surface area contributed by atoms with Gasteiger partial charge in [0.25, 0.3) is 5.91 Å². The summed E-state index contributed by atoms with van der Waals surface area (Å²) in [5, 5.41) is 19.2. The zero-order valence-corrected chi connectivity index (χ0v) is 14.8. The molecule has 8 nitrogen and oxygen atoms in total. The molecule has 2 aliphatic rings. The molecule has 1 amide bonds. The molecule has 0 spiro atoms. The quantitative estimate of drug-likeness (QED) is 0.846. The predicted octanol–water partition coefficient (Wildman–Crippen LogP) is 0.855. The fraction of sp³-hybridized carbons (Fsp3) is 0.556. The smallest absolute Gasteiger partial charge is 0.250 e. The third kappa shape index (κ3) is 3.29. The number of aromatic nitrogens is 4. The van der Waals surface area contributed by atoms with Crippen molar-refractivity contribution in [3.63, 3.8) is 0 Å². The Labute approximate surface area is 153 Å². The fourth-order valence-corrected chi connectivity index (χ4v) is 4.01. The van der Waals surface area contributed by atoms with E-state index in [0.717, 1.165) is 57.7 Å². The van der Waals surface area contributed by atoms with E-state index in [1.165, 1.54) is 0 Å². The Hall–Kier alpha value is -2.48. The first-order chi connectivity index (χ1) is 12.8. The van der Waals surface area contributed by atoms with Crippen LogP contribution in [0.1, 0.15) is 25.7 Å². The summed E-state index contributed by atoms with van der Waals surface area (Å²) in [4.78, 5) is 15.4. The second-order valence-corrected chi connectivity index (χ2v) is 7.05. The molecule has 0 atom stereocenters. The number of carbonyl (C=O) groups is 1. The monoisotopic (exact) mass is 355 g/mol. The van der Waals surface area contributed by atoms with E-state index in [0.29, 0.717) is 6.04 Å². The summed E-state index contributed by atoms with van der Waals surface area (Å²) < 4.78 is 1.88. The SMILES string of the molecule is O=C(N1CCC(Nc2cccnn2)CC1)C1(n2cccn2)CCNCC1. The van der Waals surface area contributed by atoms with Crippen molar-refractivity contribution in [1.29, 1.82) is 0 Å². The highest BCUT2D eigenvalue weighted by molar-refractivity contribution is 5.84. The van der Waals surface area contributed by atoms with Crippen molar-refractivity contribution >= 4 is 11.7 Å². The minimum atomic E-state index is -0.542. The maximum Gasteiger partial charge on any atom is 0.250 e. The molecule has 0 saturated carbocycles. The Morgan fingerprint density at radius 2 is 2.00 bits per heavy atom. The molecular formula is C18H25N7O. The molecule has 0 unspecified atom stereocenters. The molecule has 2 fully saturated rings. The highest BCUT2D eigenvalue weighted by Gasteiger charge is 2.45. The van der Waals surface area contributed by atoms with Crippen LogP contribution in [-0.2, 0) is 10.3 Å². The highest BCUT2D eigenvalue weighted by atomic mass is 16.2. The number of likely N-dealkylation sites (tertiary alicyclic amines) is 1. The summed E-state index contributed by atoms with van der Waals surface area (Å²) >= 11 is 0. The van der Waals surface area contributed by atoms with E-state index in [1.54, 1.807) is 12.4 Å². The maximum absolute atomic E-state index is 13.4. The number of amides is 1. The zero-order chi connectivity index (χ0) is 17.8. The second kappa shape index (κ2) is 7.41. The number of rotatable bonds is 4. The average molecular weight is 355 g/mol. The topological polar surface area (TPSA) is 88.0 Å². The normalized spacial score (nSPS) is 20.7. The third-order valence-corrected chi connectivity index (χ3v) is 5.48. The van der Waals surface area contributed by atoms with Crippen LogP contribution in [0.5, 0.6) is 0 Å². The molecule has 26 heavy (non-hydrogen) atoms. The molecule has 8 heteroatoms. The molecule has 0 bridgehead atoms. The molecule has 0 aliphatic carbocycles. The number of carbonyl (C=O) groups excluding carboxylic acids is 1. The Morgan fingerprint density at radius 3 is 2.65 bits per heavy atom. The van der Waals surface area contributed by atoms with Crippen LogP contribution in [-0.4, -0.2) is 63.0 Å². The maximum atomic E-state index is 13.4. The van der Waals surface area contributed by atoms with Crippen LogP contribution in [0.15, 0.2) is 36.8 Å². The Bertz CT molecular complexity index is 704. The van der Waals surface area contributed by atoms with Crippen molar-refractivity contribution in [2.75, 3.05) is 31.5 Å². The van der Waals surface area contributed by atoms with Gasteiger partial charge in [0.1, 0.15) is 11.4 Å². The molecule has 4 rings (SSSR count). The van der Waals surface area contributed by atoms with Gasteiger partial charge in [-0.15, -0.1) is 5.10 Å².